The highest BCUT2D eigenvalue weighted by Crippen LogP contribution is 2.06. The van der Waals surface area contributed by atoms with Crippen LogP contribution in [0.3, 0.4) is 0 Å². The molecule has 1 amide bonds. The standard InChI is InChI=1S/C13H19N3O/c1-5-10(6-2)14-13(17)12-9-11(7-3)15-16(12)8-4/h1,9-10H,6-8H2,2-4H3,(H,14,17). The number of nitrogens with zero attached hydrogens (tertiary/aromatic N) is 2. The molecular weight excluding hydrogens is 214 g/mol. The van der Waals surface area contributed by atoms with E-state index in [9.17, 15) is 4.79 Å². The van der Waals surface area contributed by atoms with E-state index in [2.05, 4.69) is 16.3 Å². The fourth-order valence-corrected chi connectivity index (χ4v) is 1.56. The first-order valence-corrected chi connectivity index (χ1v) is 5.99. The van der Waals surface area contributed by atoms with Crippen LogP contribution < -0.4 is 5.32 Å². The van der Waals surface area contributed by atoms with Crippen LogP contribution in [0.5, 0.6) is 0 Å². The molecule has 1 aromatic rings. The number of carbonyl (C=O) groups excluding carboxylic acids is 1. The van der Waals surface area contributed by atoms with E-state index in [-0.39, 0.29) is 11.9 Å². The molecule has 1 N–H and O–H groups in total. The maximum atomic E-state index is 12.0. The van der Waals surface area contributed by atoms with Crippen LogP contribution in [-0.2, 0) is 13.0 Å². The summed E-state index contributed by atoms with van der Waals surface area (Å²) in [6.07, 6.45) is 6.87. The van der Waals surface area contributed by atoms with Gasteiger partial charge in [0.25, 0.3) is 5.91 Å². The predicted octanol–water partition coefficient (Wildman–Crippen LogP) is 1.61. The first-order valence-electron chi connectivity index (χ1n) is 5.99. The molecule has 17 heavy (non-hydrogen) atoms. The predicted molar refractivity (Wildman–Crippen MR) is 67.7 cm³/mol. The Morgan fingerprint density at radius 1 is 1.59 bits per heavy atom. The minimum Gasteiger partial charge on any atom is -0.337 e. The Bertz CT molecular complexity index is 428. The van der Waals surface area contributed by atoms with Crippen molar-refractivity contribution in [1.82, 2.24) is 15.1 Å². The summed E-state index contributed by atoms with van der Waals surface area (Å²) in [7, 11) is 0. The van der Waals surface area contributed by atoms with E-state index >= 15 is 0 Å². The van der Waals surface area contributed by atoms with E-state index in [0.717, 1.165) is 18.5 Å². The quantitative estimate of drug-likeness (QED) is 0.785. The van der Waals surface area contributed by atoms with Crippen molar-refractivity contribution in [2.24, 2.45) is 0 Å². The third kappa shape index (κ3) is 3.10. The average Bonchev–Trinajstić information content (AvgIpc) is 2.78. The molecule has 1 aromatic heterocycles. The fraction of sp³-hybridized carbons (Fsp3) is 0.538. The van der Waals surface area contributed by atoms with E-state index in [1.165, 1.54) is 0 Å². The second kappa shape index (κ2) is 6.09. The number of rotatable bonds is 5. The Labute approximate surface area is 102 Å². The maximum absolute atomic E-state index is 12.0. The van der Waals surface area contributed by atoms with E-state index in [1.54, 1.807) is 4.68 Å². The number of hydrogen-bond acceptors (Lipinski definition) is 2. The van der Waals surface area contributed by atoms with Crippen molar-refractivity contribution in [2.75, 3.05) is 0 Å². The Kier molecular flexibility index (Phi) is 4.77. The van der Waals surface area contributed by atoms with Crippen LogP contribution in [0.1, 0.15) is 43.4 Å². The Morgan fingerprint density at radius 2 is 2.29 bits per heavy atom. The van der Waals surface area contributed by atoms with Gasteiger partial charge in [-0.2, -0.15) is 5.10 Å². The smallest absolute Gasteiger partial charge is 0.270 e. The SMILES string of the molecule is C#CC(CC)NC(=O)c1cc(CC)nn1CC. The molecule has 0 saturated carbocycles. The third-order valence-electron chi connectivity index (χ3n) is 2.64. The molecule has 1 atom stereocenters. The van der Waals surface area contributed by atoms with Crippen LogP contribution >= 0.6 is 0 Å². The highest BCUT2D eigenvalue weighted by atomic mass is 16.2. The zero-order valence-corrected chi connectivity index (χ0v) is 10.7. The molecule has 1 rings (SSSR count). The summed E-state index contributed by atoms with van der Waals surface area (Å²) in [5.74, 6) is 2.40. The molecule has 0 saturated heterocycles. The van der Waals surface area contributed by atoms with Gasteiger partial charge in [-0.15, -0.1) is 6.42 Å². The van der Waals surface area contributed by atoms with E-state index in [4.69, 9.17) is 6.42 Å². The number of aryl methyl sites for hydroxylation is 2. The van der Waals surface area contributed by atoms with Crippen molar-refractivity contribution in [3.8, 4) is 12.3 Å². The molecular formula is C13H19N3O. The van der Waals surface area contributed by atoms with E-state index in [0.29, 0.717) is 12.2 Å². The van der Waals surface area contributed by atoms with Crippen molar-refractivity contribution in [3.05, 3.63) is 17.5 Å². The molecule has 0 bridgehead atoms. The van der Waals surface area contributed by atoms with Gasteiger partial charge in [-0.1, -0.05) is 19.8 Å². The van der Waals surface area contributed by atoms with Crippen molar-refractivity contribution < 1.29 is 4.79 Å². The van der Waals surface area contributed by atoms with Gasteiger partial charge in [-0.25, -0.2) is 0 Å². The molecule has 0 aromatic carbocycles. The van der Waals surface area contributed by atoms with Crippen LogP contribution in [0.4, 0.5) is 0 Å². The van der Waals surface area contributed by atoms with Gasteiger partial charge in [0.2, 0.25) is 0 Å². The van der Waals surface area contributed by atoms with Crippen LogP contribution in [0.15, 0.2) is 6.07 Å². The summed E-state index contributed by atoms with van der Waals surface area (Å²) in [6.45, 7) is 6.59. The Morgan fingerprint density at radius 3 is 2.76 bits per heavy atom. The van der Waals surface area contributed by atoms with Gasteiger partial charge in [0.15, 0.2) is 0 Å². The summed E-state index contributed by atoms with van der Waals surface area (Å²) in [5.41, 5.74) is 1.50. The number of amides is 1. The monoisotopic (exact) mass is 233 g/mol. The molecule has 0 aliphatic rings. The van der Waals surface area contributed by atoms with Crippen molar-refractivity contribution in [1.29, 1.82) is 0 Å². The molecule has 1 unspecified atom stereocenters. The zero-order chi connectivity index (χ0) is 12.8. The van der Waals surface area contributed by atoms with Gasteiger partial charge in [-0.05, 0) is 25.8 Å². The van der Waals surface area contributed by atoms with Gasteiger partial charge in [0, 0.05) is 6.54 Å². The molecule has 4 heteroatoms. The summed E-state index contributed by atoms with van der Waals surface area (Å²) in [4.78, 5) is 12.0. The summed E-state index contributed by atoms with van der Waals surface area (Å²) in [5, 5.41) is 7.14. The van der Waals surface area contributed by atoms with Crippen LogP contribution in [-0.4, -0.2) is 21.7 Å². The van der Waals surface area contributed by atoms with Gasteiger partial charge >= 0.3 is 0 Å². The maximum Gasteiger partial charge on any atom is 0.270 e. The number of carbonyl (C=O) groups is 1. The lowest BCUT2D eigenvalue weighted by Gasteiger charge is -2.11. The topological polar surface area (TPSA) is 46.9 Å². The van der Waals surface area contributed by atoms with Gasteiger partial charge in [-0.3, -0.25) is 9.48 Å². The Hall–Kier alpha value is -1.76. The van der Waals surface area contributed by atoms with Crippen molar-refractivity contribution >= 4 is 5.91 Å². The Balaban J connectivity index is 2.88. The molecule has 0 spiro atoms. The largest absolute Gasteiger partial charge is 0.337 e. The molecule has 0 fully saturated rings. The zero-order valence-electron chi connectivity index (χ0n) is 10.7. The minimum absolute atomic E-state index is 0.149. The highest BCUT2D eigenvalue weighted by Gasteiger charge is 2.15. The average molecular weight is 233 g/mol. The fourth-order valence-electron chi connectivity index (χ4n) is 1.56. The van der Waals surface area contributed by atoms with Crippen LogP contribution in [0, 0.1) is 12.3 Å². The first-order chi connectivity index (χ1) is 8.15. The first kappa shape index (κ1) is 13.3. The van der Waals surface area contributed by atoms with Crippen LogP contribution in [0.2, 0.25) is 0 Å². The normalized spacial score (nSPS) is 11.9. The number of nitrogens with one attached hydrogen (secondary N) is 1. The van der Waals surface area contributed by atoms with E-state index in [1.807, 2.05) is 26.8 Å². The second-order valence-electron chi connectivity index (χ2n) is 3.79. The highest BCUT2D eigenvalue weighted by molar-refractivity contribution is 5.93. The summed E-state index contributed by atoms with van der Waals surface area (Å²) >= 11 is 0. The molecule has 0 radical (unpaired) electrons. The molecule has 1 heterocycles. The van der Waals surface area contributed by atoms with Crippen molar-refractivity contribution in [3.63, 3.8) is 0 Å². The van der Waals surface area contributed by atoms with Gasteiger partial charge in [0.05, 0.1) is 11.7 Å². The molecule has 4 nitrogen and oxygen atoms in total. The lowest BCUT2D eigenvalue weighted by molar-refractivity contribution is 0.0934. The molecule has 0 aliphatic carbocycles. The number of aromatic nitrogens is 2. The molecule has 92 valence electrons. The third-order valence-corrected chi connectivity index (χ3v) is 2.64. The minimum atomic E-state index is -0.215. The van der Waals surface area contributed by atoms with Gasteiger partial charge < -0.3 is 5.32 Å². The number of terminal acetylenes is 1. The van der Waals surface area contributed by atoms with Gasteiger partial charge in [0.1, 0.15) is 5.69 Å². The summed E-state index contributed by atoms with van der Waals surface area (Å²) < 4.78 is 1.71. The lowest BCUT2D eigenvalue weighted by atomic mass is 10.2. The van der Waals surface area contributed by atoms with Crippen LogP contribution in [0.25, 0.3) is 0 Å². The van der Waals surface area contributed by atoms with E-state index < -0.39 is 0 Å². The summed E-state index contributed by atoms with van der Waals surface area (Å²) in [6, 6.07) is 1.61. The number of hydrogen-bond donors (Lipinski definition) is 1. The van der Waals surface area contributed by atoms with Crippen molar-refractivity contribution in [2.45, 2.75) is 46.2 Å². The molecule has 0 aliphatic heterocycles. The lowest BCUT2D eigenvalue weighted by Crippen LogP contribution is -2.34. The second-order valence-corrected chi connectivity index (χ2v) is 3.79.